The Bertz CT molecular complexity index is 311. The van der Waals surface area contributed by atoms with E-state index in [9.17, 15) is 4.39 Å². The summed E-state index contributed by atoms with van der Waals surface area (Å²) < 4.78 is 12.7. The van der Waals surface area contributed by atoms with Crippen molar-refractivity contribution in [3.05, 3.63) is 35.6 Å². The molecule has 2 N–H and O–H groups in total. The lowest BCUT2D eigenvalue weighted by atomic mass is 10.1. The van der Waals surface area contributed by atoms with Gasteiger partial charge in [-0.05, 0) is 43.6 Å². The number of rotatable bonds is 2. The summed E-state index contributed by atoms with van der Waals surface area (Å²) in [6.07, 6.45) is 2.14. The molecule has 2 nitrogen and oxygen atoms in total. The van der Waals surface area contributed by atoms with E-state index in [1.807, 2.05) is 12.1 Å². The van der Waals surface area contributed by atoms with Gasteiger partial charge in [-0.15, -0.1) is 24.8 Å². The summed E-state index contributed by atoms with van der Waals surface area (Å²) in [5.41, 5.74) is 7.01. The van der Waals surface area contributed by atoms with Gasteiger partial charge in [0.1, 0.15) is 5.82 Å². The number of likely N-dealkylation sites (tertiary alicyclic amines) is 1. The smallest absolute Gasteiger partial charge is 0.123 e. The number of hydrogen-bond donors (Lipinski definition) is 1. The van der Waals surface area contributed by atoms with Crippen molar-refractivity contribution >= 4 is 24.8 Å². The summed E-state index contributed by atoms with van der Waals surface area (Å²) in [4.78, 5) is 2.37. The van der Waals surface area contributed by atoms with Crippen LogP contribution in [0.4, 0.5) is 4.39 Å². The number of piperidine rings is 1. The molecule has 1 aromatic carbocycles. The SMILES string of the molecule is Cl.Cl.NC1CCN(Cc2ccc(F)cc2)CC1. The van der Waals surface area contributed by atoms with Gasteiger partial charge in [0.15, 0.2) is 0 Å². The molecule has 0 saturated carbocycles. The van der Waals surface area contributed by atoms with Gasteiger partial charge >= 0.3 is 0 Å². The molecular formula is C12H19Cl2FN2. The van der Waals surface area contributed by atoms with E-state index < -0.39 is 0 Å². The quantitative estimate of drug-likeness (QED) is 0.902. The van der Waals surface area contributed by atoms with Crippen molar-refractivity contribution < 1.29 is 4.39 Å². The molecule has 98 valence electrons. The Kier molecular flexibility index (Phi) is 7.71. The standard InChI is InChI=1S/C12H17FN2.2ClH/c13-11-3-1-10(2-4-11)9-15-7-5-12(14)6-8-15;;/h1-4,12H,5-9,14H2;2*1H. The van der Waals surface area contributed by atoms with Crippen LogP contribution in [0.3, 0.4) is 0 Å². The highest BCUT2D eigenvalue weighted by atomic mass is 35.5. The zero-order chi connectivity index (χ0) is 10.7. The zero-order valence-corrected chi connectivity index (χ0v) is 11.3. The van der Waals surface area contributed by atoms with E-state index in [4.69, 9.17) is 5.73 Å². The van der Waals surface area contributed by atoms with Crippen LogP contribution in [0.2, 0.25) is 0 Å². The molecule has 1 saturated heterocycles. The van der Waals surface area contributed by atoms with Gasteiger partial charge in [-0.25, -0.2) is 4.39 Å². The van der Waals surface area contributed by atoms with Gasteiger partial charge in [-0.1, -0.05) is 12.1 Å². The number of hydrogen-bond acceptors (Lipinski definition) is 2. The molecule has 0 atom stereocenters. The summed E-state index contributed by atoms with van der Waals surface area (Å²) in [7, 11) is 0. The first-order chi connectivity index (χ1) is 7.24. The molecule has 1 fully saturated rings. The Hall–Kier alpha value is -0.350. The van der Waals surface area contributed by atoms with Crippen LogP contribution in [0.1, 0.15) is 18.4 Å². The van der Waals surface area contributed by atoms with Crippen molar-refractivity contribution in [1.82, 2.24) is 4.90 Å². The molecule has 2 rings (SSSR count). The second-order valence-corrected chi connectivity index (χ2v) is 4.24. The minimum absolute atomic E-state index is 0. The lowest BCUT2D eigenvalue weighted by Gasteiger charge is -2.29. The second-order valence-electron chi connectivity index (χ2n) is 4.24. The topological polar surface area (TPSA) is 29.3 Å². The van der Waals surface area contributed by atoms with Crippen molar-refractivity contribution in [1.29, 1.82) is 0 Å². The highest BCUT2D eigenvalue weighted by Crippen LogP contribution is 2.12. The molecule has 0 amide bonds. The fourth-order valence-corrected chi connectivity index (χ4v) is 1.96. The van der Waals surface area contributed by atoms with Crippen LogP contribution >= 0.6 is 24.8 Å². The molecule has 0 aromatic heterocycles. The Labute approximate surface area is 114 Å². The summed E-state index contributed by atoms with van der Waals surface area (Å²) in [5, 5.41) is 0. The number of nitrogens with zero attached hydrogens (tertiary/aromatic N) is 1. The van der Waals surface area contributed by atoms with Crippen LogP contribution in [-0.4, -0.2) is 24.0 Å². The van der Waals surface area contributed by atoms with Gasteiger partial charge in [-0.2, -0.15) is 0 Å². The van der Waals surface area contributed by atoms with Crippen molar-refractivity contribution in [3.8, 4) is 0 Å². The van der Waals surface area contributed by atoms with E-state index in [2.05, 4.69) is 4.90 Å². The van der Waals surface area contributed by atoms with E-state index in [0.717, 1.165) is 32.5 Å². The average Bonchev–Trinajstić information content (AvgIpc) is 2.25. The van der Waals surface area contributed by atoms with Gasteiger partial charge < -0.3 is 5.73 Å². The van der Waals surface area contributed by atoms with Crippen LogP contribution in [-0.2, 0) is 6.54 Å². The van der Waals surface area contributed by atoms with Crippen molar-refractivity contribution in [3.63, 3.8) is 0 Å². The van der Waals surface area contributed by atoms with Crippen molar-refractivity contribution in [2.24, 2.45) is 5.73 Å². The summed E-state index contributed by atoms with van der Waals surface area (Å²) in [6, 6.07) is 7.11. The normalized spacial score (nSPS) is 17.1. The fraction of sp³-hybridized carbons (Fsp3) is 0.500. The maximum absolute atomic E-state index is 12.7. The predicted octanol–water partition coefficient (Wildman–Crippen LogP) is 2.59. The molecule has 0 bridgehead atoms. The van der Waals surface area contributed by atoms with Gasteiger partial charge in [0.2, 0.25) is 0 Å². The Morgan fingerprint density at radius 3 is 2.18 bits per heavy atom. The fourth-order valence-electron chi connectivity index (χ4n) is 1.96. The molecule has 1 aliphatic rings. The Morgan fingerprint density at radius 1 is 1.12 bits per heavy atom. The molecule has 5 heteroatoms. The lowest BCUT2D eigenvalue weighted by Crippen LogP contribution is -2.39. The largest absolute Gasteiger partial charge is 0.328 e. The highest BCUT2D eigenvalue weighted by molar-refractivity contribution is 5.85. The van der Waals surface area contributed by atoms with Gasteiger partial charge in [0, 0.05) is 12.6 Å². The van der Waals surface area contributed by atoms with E-state index in [-0.39, 0.29) is 30.6 Å². The van der Waals surface area contributed by atoms with Gasteiger partial charge in [0.25, 0.3) is 0 Å². The third-order valence-corrected chi connectivity index (χ3v) is 2.95. The predicted molar refractivity (Wildman–Crippen MR) is 73.4 cm³/mol. The zero-order valence-electron chi connectivity index (χ0n) is 9.64. The number of benzene rings is 1. The summed E-state index contributed by atoms with van der Waals surface area (Å²) in [5.74, 6) is -0.167. The first-order valence-electron chi connectivity index (χ1n) is 5.46. The van der Waals surface area contributed by atoms with E-state index >= 15 is 0 Å². The molecule has 0 radical (unpaired) electrons. The molecule has 1 aromatic rings. The van der Waals surface area contributed by atoms with Crippen LogP contribution < -0.4 is 5.73 Å². The van der Waals surface area contributed by atoms with Crippen LogP contribution in [0, 0.1) is 5.82 Å². The monoisotopic (exact) mass is 280 g/mol. The third kappa shape index (κ3) is 5.21. The molecular weight excluding hydrogens is 262 g/mol. The van der Waals surface area contributed by atoms with E-state index in [1.165, 1.54) is 17.7 Å². The molecule has 0 aliphatic carbocycles. The van der Waals surface area contributed by atoms with Crippen molar-refractivity contribution in [2.45, 2.75) is 25.4 Å². The maximum atomic E-state index is 12.7. The highest BCUT2D eigenvalue weighted by Gasteiger charge is 2.15. The summed E-state index contributed by atoms with van der Waals surface area (Å²) in [6.45, 7) is 3.02. The lowest BCUT2D eigenvalue weighted by molar-refractivity contribution is 0.205. The number of halogens is 3. The maximum Gasteiger partial charge on any atom is 0.123 e. The minimum atomic E-state index is -0.167. The molecule has 17 heavy (non-hydrogen) atoms. The van der Waals surface area contributed by atoms with Gasteiger partial charge in [-0.3, -0.25) is 4.90 Å². The van der Waals surface area contributed by atoms with E-state index in [0.29, 0.717) is 6.04 Å². The van der Waals surface area contributed by atoms with Gasteiger partial charge in [0.05, 0.1) is 0 Å². The first-order valence-corrected chi connectivity index (χ1v) is 5.46. The number of nitrogens with two attached hydrogens (primary N) is 1. The van der Waals surface area contributed by atoms with Crippen LogP contribution in [0.5, 0.6) is 0 Å². The molecule has 0 spiro atoms. The Morgan fingerprint density at radius 2 is 1.65 bits per heavy atom. The molecule has 1 aliphatic heterocycles. The molecule has 0 unspecified atom stereocenters. The Balaban J connectivity index is 0.00000128. The average molecular weight is 281 g/mol. The van der Waals surface area contributed by atoms with Crippen molar-refractivity contribution in [2.75, 3.05) is 13.1 Å². The van der Waals surface area contributed by atoms with Crippen LogP contribution in [0.25, 0.3) is 0 Å². The van der Waals surface area contributed by atoms with Crippen LogP contribution in [0.15, 0.2) is 24.3 Å². The minimum Gasteiger partial charge on any atom is -0.328 e. The third-order valence-electron chi connectivity index (χ3n) is 2.95. The molecule has 1 heterocycles. The second kappa shape index (κ2) is 7.88. The summed E-state index contributed by atoms with van der Waals surface area (Å²) >= 11 is 0. The van der Waals surface area contributed by atoms with E-state index in [1.54, 1.807) is 0 Å². The first kappa shape index (κ1) is 16.6.